The van der Waals surface area contributed by atoms with E-state index in [0.717, 1.165) is 36.8 Å². The zero-order valence-electron chi connectivity index (χ0n) is 8.12. The second-order valence-corrected chi connectivity index (χ2v) is 4.39. The molecular weight excluding hydrogens is 198 g/mol. The molecule has 0 aromatic carbocycles. The number of carbonyl (C=O) groups is 1. The first-order valence-corrected chi connectivity index (χ1v) is 5.57. The Balaban J connectivity index is 1.85. The van der Waals surface area contributed by atoms with E-state index in [4.69, 9.17) is 0 Å². The van der Waals surface area contributed by atoms with Crippen molar-refractivity contribution in [3.63, 3.8) is 0 Å². The Morgan fingerprint density at radius 3 is 3.14 bits per heavy atom. The van der Waals surface area contributed by atoms with Crippen LogP contribution in [0.4, 0.5) is 4.79 Å². The SMILES string of the molecule is Cc1nc(CCN2CCNC2=O)cs1. The summed E-state index contributed by atoms with van der Waals surface area (Å²) in [7, 11) is 0. The van der Waals surface area contributed by atoms with Crippen molar-refractivity contribution in [2.75, 3.05) is 19.6 Å². The Labute approximate surface area is 86.9 Å². The summed E-state index contributed by atoms with van der Waals surface area (Å²) in [6.07, 6.45) is 0.859. The van der Waals surface area contributed by atoms with E-state index in [1.165, 1.54) is 0 Å². The van der Waals surface area contributed by atoms with E-state index in [2.05, 4.69) is 15.7 Å². The van der Waals surface area contributed by atoms with E-state index >= 15 is 0 Å². The van der Waals surface area contributed by atoms with E-state index in [1.807, 2.05) is 11.8 Å². The van der Waals surface area contributed by atoms with Crippen molar-refractivity contribution >= 4 is 17.4 Å². The molecule has 0 atom stereocenters. The van der Waals surface area contributed by atoms with Crippen molar-refractivity contribution in [3.8, 4) is 0 Å². The van der Waals surface area contributed by atoms with Gasteiger partial charge in [-0.15, -0.1) is 11.3 Å². The number of amides is 2. The molecule has 76 valence electrons. The molecule has 1 fully saturated rings. The number of urea groups is 1. The minimum absolute atomic E-state index is 0.0527. The van der Waals surface area contributed by atoms with Crippen LogP contribution in [-0.2, 0) is 6.42 Å². The molecule has 1 aliphatic rings. The van der Waals surface area contributed by atoms with Crippen LogP contribution in [0.5, 0.6) is 0 Å². The molecule has 5 heteroatoms. The predicted octanol–water partition coefficient (Wildman–Crippen LogP) is 1.02. The highest BCUT2D eigenvalue weighted by atomic mass is 32.1. The van der Waals surface area contributed by atoms with Crippen LogP contribution in [0.1, 0.15) is 10.7 Å². The van der Waals surface area contributed by atoms with Gasteiger partial charge in [-0.3, -0.25) is 0 Å². The molecule has 0 saturated carbocycles. The molecule has 0 aliphatic carbocycles. The zero-order chi connectivity index (χ0) is 9.97. The van der Waals surface area contributed by atoms with E-state index in [1.54, 1.807) is 11.3 Å². The lowest BCUT2D eigenvalue weighted by atomic mass is 10.3. The number of nitrogens with one attached hydrogen (secondary N) is 1. The highest BCUT2D eigenvalue weighted by Crippen LogP contribution is 2.09. The van der Waals surface area contributed by atoms with Crippen LogP contribution in [0, 0.1) is 6.92 Å². The number of thiazole rings is 1. The molecule has 0 bridgehead atoms. The van der Waals surface area contributed by atoms with Gasteiger partial charge in [0.05, 0.1) is 10.7 Å². The van der Waals surface area contributed by atoms with Crippen molar-refractivity contribution < 1.29 is 4.79 Å². The Hall–Kier alpha value is -1.10. The minimum atomic E-state index is 0.0527. The van der Waals surface area contributed by atoms with Crippen molar-refractivity contribution in [1.82, 2.24) is 15.2 Å². The largest absolute Gasteiger partial charge is 0.336 e. The van der Waals surface area contributed by atoms with Gasteiger partial charge in [0.15, 0.2) is 0 Å². The van der Waals surface area contributed by atoms with Crippen LogP contribution in [0.3, 0.4) is 0 Å². The fourth-order valence-electron chi connectivity index (χ4n) is 1.50. The summed E-state index contributed by atoms with van der Waals surface area (Å²) in [5, 5.41) is 5.93. The van der Waals surface area contributed by atoms with Crippen molar-refractivity contribution in [3.05, 3.63) is 16.1 Å². The molecule has 0 spiro atoms. The second kappa shape index (κ2) is 3.96. The average Bonchev–Trinajstić information content (AvgIpc) is 2.72. The summed E-state index contributed by atoms with van der Waals surface area (Å²) >= 11 is 1.66. The van der Waals surface area contributed by atoms with Crippen LogP contribution < -0.4 is 5.32 Å². The fraction of sp³-hybridized carbons (Fsp3) is 0.556. The number of aromatic nitrogens is 1. The maximum absolute atomic E-state index is 11.2. The zero-order valence-corrected chi connectivity index (χ0v) is 8.93. The molecular formula is C9H13N3OS. The van der Waals surface area contributed by atoms with E-state index in [9.17, 15) is 4.79 Å². The smallest absolute Gasteiger partial charge is 0.317 e. The lowest BCUT2D eigenvalue weighted by molar-refractivity contribution is 0.218. The van der Waals surface area contributed by atoms with Gasteiger partial charge in [0.2, 0.25) is 0 Å². The van der Waals surface area contributed by atoms with Crippen LogP contribution >= 0.6 is 11.3 Å². The molecule has 14 heavy (non-hydrogen) atoms. The molecule has 1 aromatic heterocycles. The normalized spacial score (nSPS) is 16.1. The maximum atomic E-state index is 11.2. The monoisotopic (exact) mass is 211 g/mol. The van der Waals surface area contributed by atoms with Crippen LogP contribution in [-0.4, -0.2) is 35.5 Å². The standard InChI is InChI=1S/C9H13N3OS/c1-7-11-8(6-14-7)2-4-12-5-3-10-9(12)13/h6H,2-5H2,1H3,(H,10,13). The molecule has 1 saturated heterocycles. The van der Waals surface area contributed by atoms with Gasteiger partial charge in [-0.2, -0.15) is 0 Å². The summed E-state index contributed by atoms with van der Waals surface area (Å²) < 4.78 is 0. The fourth-order valence-corrected chi connectivity index (χ4v) is 2.14. The van der Waals surface area contributed by atoms with E-state index in [0.29, 0.717) is 0 Å². The average molecular weight is 211 g/mol. The summed E-state index contributed by atoms with van der Waals surface area (Å²) in [6.45, 7) is 4.36. The van der Waals surface area contributed by atoms with Crippen molar-refractivity contribution in [1.29, 1.82) is 0 Å². The minimum Gasteiger partial charge on any atom is -0.336 e. The van der Waals surface area contributed by atoms with Gasteiger partial charge in [0.25, 0.3) is 0 Å². The Bertz CT molecular complexity index is 337. The highest BCUT2D eigenvalue weighted by molar-refractivity contribution is 7.09. The quantitative estimate of drug-likeness (QED) is 0.811. The maximum Gasteiger partial charge on any atom is 0.317 e. The molecule has 0 radical (unpaired) electrons. The van der Waals surface area contributed by atoms with Crippen LogP contribution in [0.2, 0.25) is 0 Å². The third-order valence-corrected chi connectivity index (χ3v) is 3.07. The second-order valence-electron chi connectivity index (χ2n) is 3.33. The summed E-state index contributed by atoms with van der Waals surface area (Å²) in [4.78, 5) is 17.4. The van der Waals surface area contributed by atoms with Gasteiger partial charge in [-0.05, 0) is 6.92 Å². The first kappa shape index (κ1) is 9.45. The van der Waals surface area contributed by atoms with E-state index < -0.39 is 0 Å². The lowest BCUT2D eigenvalue weighted by Crippen LogP contribution is -2.30. The molecule has 2 amide bonds. The topological polar surface area (TPSA) is 45.2 Å². The molecule has 0 unspecified atom stereocenters. The third-order valence-electron chi connectivity index (χ3n) is 2.25. The van der Waals surface area contributed by atoms with E-state index in [-0.39, 0.29) is 6.03 Å². The molecule has 4 nitrogen and oxygen atoms in total. The van der Waals surface area contributed by atoms with Gasteiger partial charge >= 0.3 is 6.03 Å². The highest BCUT2D eigenvalue weighted by Gasteiger charge is 2.18. The van der Waals surface area contributed by atoms with Crippen molar-refractivity contribution in [2.24, 2.45) is 0 Å². The molecule has 2 rings (SSSR count). The predicted molar refractivity (Wildman–Crippen MR) is 55.5 cm³/mol. The first-order chi connectivity index (χ1) is 6.75. The number of aryl methyl sites for hydroxylation is 1. The number of hydrogen-bond acceptors (Lipinski definition) is 3. The molecule has 2 heterocycles. The molecule has 1 aromatic rings. The summed E-state index contributed by atoms with van der Waals surface area (Å²) in [6, 6.07) is 0.0527. The molecule has 1 aliphatic heterocycles. The summed E-state index contributed by atoms with van der Waals surface area (Å²) in [5.41, 5.74) is 1.09. The van der Waals surface area contributed by atoms with Crippen molar-refractivity contribution in [2.45, 2.75) is 13.3 Å². The van der Waals surface area contributed by atoms with Crippen LogP contribution in [0.15, 0.2) is 5.38 Å². The Morgan fingerprint density at radius 2 is 2.57 bits per heavy atom. The first-order valence-electron chi connectivity index (χ1n) is 4.69. The number of carbonyl (C=O) groups excluding carboxylic acids is 1. The third kappa shape index (κ3) is 2.04. The Morgan fingerprint density at radius 1 is 1.71 bits per heavy atom. The van der Waals surface area contributed by atoms with Crippen LogP contribution in [0.25, 0.3) is 0 Å². The number of nitrogens with zero attached hydrogens (tertiary/aromatic N) is 2. The summed E-state index contributed by atoms with van der Waals surface area (Å²) in [5.74, 6) is 0. The number of rotatable bonds is 3. The number of hydrogen-bond donors (Lipinski definition) is 1. The van der Waals surface area contributed by atoms with Gasteiger partial charge in [-0.25, -0.2) is 9.78 Å². The van der Waals surface area contributed by atoms with Gasteiger partial charge in [0.1, 0.15) is 0 Å². The van der Waals surface area contributed by atoms with Gasteiger partial charge in [0, 0.05) is 31.4 Å². The molecule has 1 N–H and O–H groups in total. The Kier molecular flexibility index (Phi) is 2.67. The van der Waals surface area contributed by atoms with Gasteiger partial charge < -0.3 is 10.2 Å². The van der Waals surface area contributed by atoms with Gasteiger partial charge in [-0.1, -0.05) is 0 Å². The lowest BCUT2D eigenvalue weighted by Gasteiger charge is -2.12.